The van der Waals surface area contributed by atoms with Gasteiger partial charge in [0.1, 0.15) is 0 Å². The first-order chi connectivity index (χ1) is 5.20. The predicted molar refractivity (Wildman–Crippen MR) is 52.2 cm³/mol. The van der Waals surface area contributed by atoms with Gasteiger partial charge in [-0.05, 0) is 18.6 Å². The second-order valence-corrected chi connectivity index (χ2v) is 4.55. The summed E-state index contributed by atoms with van der Waals surface area (Å²) in [5, 5.41) is 0.677. The van der Waals surface area contributed by atoms with Crippen LogP contribution >= 0.6 is 11.8 Å². The van der Waals surface area contributed by atoms with Gasteiger partial charge in [-0.1, -0.05) is 32.0 Å². The van der Waals surface area contributed by atoms with Crippen molar-refractivity contribution in [3.8, 4) is 0 Å². The van der Waals surface area contributed by atoms with Crippen molar-refractivity contribution >= 4 is 11.8 Å². The lowest BCUT2D eigenvalue weighted by Crippen LogP contribution is -1.87. The third-order valence-electron chi connectivity index (χ3n) is 1.46. The van der Waals surface area contributed by atoms with Gasteiger partial charge >= 0.3 is 0 Å². The molecule has 0 aromatic heterocycles. The summed E-state index contributed by atoms with van der Waals surface area (Å²) in [7, 11) is 0. The van der Waals surface area contributed by atoms with Crippen LogP contribution in [0.25, 0.3) is 0 Å². The lowest BCUT2D eigenvalue weighted by atomic mass is 10.2. The molecule has 0 fully saturated rings. The van der Waals surface area contributed by atoms with Crippen molar-refractivity contribution in [3.63, 3.8) is 0 Å². The van der Waals surface area contributed by atoms with Gasteiger partial charge in [-0.2, -0.15) is 0 Å². The van der Waals surface area contributed by atoms with Gasteiger partial charge in [0.25, 0.3) is 0 Å². The van der Waals surface area contributed by atoms with Crippen molar-refractivity contribution in [3.05, 3.63) is 29.8 Å². The van der Waals surface area contributed by atoms with Crippen LogP contribution < -0.4 is 0 Å². The molecule has 0 atom stereocenters. The largest absolute Gasteiger partial charge is 0.123 e. The molecule has 60 valence electrons. The molecule has 0 N–H and O–H groups in total. The Balaban J connectivity index is 2.78. The molecule has 0 amide bonds. The lowest BCUT2D eigenvalue weighted by Gasteiger charge is -2.06. The van der Waals surface area contributed by atoms with E-state index in [0.29, 0.717) is 5.25 Å². The number of thioether (sulfide) groups is 1. The normalized spacial score (nSPS) is 10.5. The third kappa shape index (κ3) is 2.58. The SMILES string of the molecule is Cc1ccccc1SC(C)C. The molecular formula is C10H14S. The van der Waals surface area contributed by atoms with Crippen LogP contribution in [0.4, 0.5) is 0 Å². The molecule has 0 aliphatic heterocycles. The zero-order chi connectivity index (χ0) is 8.27. The lowest BCUT2D eigenvalue weighted by molar-refractivity contribution is 1.10. The summed E-state index contributed by atoms with van der Waals surface area (Å²) < 4.78 is 0. The van der Waals surface area contributed by atoms with Crippen molar-refractivity contribution in [2.24, 2.45) is 0 Å². The second kappa shape index (κ2) is 3.82. The van der Waals surface area contributed by atoms with E-state index in [9.17, 15) is 0 Å². The summed E-state index contributed by atoms with van der Waals surface area (Å²) in [4.78, 5) is 1.41. The Labute approximate surface area is 73.0 Å². The molecule has 11 heavy (non-hydrogen) atoms. The van der Waals surface area contributed by atoms with Crippen molar-refractivity contribution in [1.82, 2.24) is 0 Å². The van der Waals surface area contributed by atoms with Crippen LogP contribution in [-0.4, -0.2) is 5.25 Å². The van der Waals surface area contributed by atoms with E-state index < -0.39 is 0 Å². The van der Waals surface area contributed by atoms with Crippen LogP contribution in [0.3, 0.4) is 0 Å². The molecule has 1 aromatic carbocycles. The number of hydrogen-bond donors (Lipinski definition) is 0. The molecule has 0 unspecified atom stereocenters. The minimum absolute atomic E-state index is 0.677. The molecule has 0 saturated heterocycles. The molecule has 0 nitrogen and oxygen atoms in total. The van der Waals surface area contributed by atoms with Gasteiger partial charge in [0, 0.05) is 10.1 Å². The molecule has 0 aliphatic rings. The van der Waals surface area contributed by atoms with Crippen LogP contribution in [0.1, 0.15) is 19.4 Å². The fraction of sp³-hybridized carbons (Fsp3) is 0.400. The van der Waals surface area contributed by atoms with Gasteiger partial charge in [-0.15, -0.1) is 11.8 Å². The monoisotopic (exact) mass is 166 g/mol. The van der Waals surface area contributed by atoms with Crippen LogP contribution in [0.5, 0.6) is 0 Å². The Bertz CT molecular complexity index is 228. The Morgan fingerprint density at radius 3 is 2.36 bits per heavy atom. The molecule has 1 aromatic rings. The maximum atomic E-state index is 2.22. The minimum atomic E-state index is 0.677. The summed E-state index contributed by atoms with van der Waals surface area (Å²) in [5.41, 5.74) is 1.38. The van der Waals surface area contributed by atoms with E-state index in [1.165, 1.54) is 10.5 Å². The zero-order valence-electron chi connectivity index (χ0n) is 7.29. The van der Waals surface area contributed by atoms with E-state index in [1.807, 2.05) is 11.8 Å². The maximum absolute atomic E-state index is 2.22. The van der Waals surface area contributed by atoms with E-state index in [2.05, 4.69) is 45.0 Å². The first kappa shape index (κ1) is 8.66. The molecule has 0 radical (unpaired) electrons. The quantitative estimate of drug-likeness (QED) is 0.606. The Hall–Kier alpha value is -0.430. The molecule has 1 heteroatoms. The summed E-state index contributed by atoms with van der Waals surface area (Å²) in [6.07, 6.45) is 0. The molecule has 0 saturated carbocycles. The highest BCUT2D eigenvalue weighted by Crippen LogP contribution is 2.25. The molecule has 0 aliphatic carbocycles. The highest BCUT2D eigenvalue weighted by Gasteiger charge is 1.99. The Morgan fingerprint density at radius 1 is 1.18 bits per heavy atom. The van der Waals surface area contributed by atoms with Gasteiger partial charge < -0.3 is 0 Å². The molecule has 0 heterocycles. The van der Waals surface area contributed by atoms with Gasteiger partial charge in [0.2, 0.25) is 0 Å². The summed E-state index contributed by atoms with van der Waals surface area (Å²) >= 11 is 1.93. The van der Waals surface area contributed by atoms with E-state index in [0.717, 1.165) is 0 Å². The fourth-order valence-electron chi connectivity index (χ4n) is 0.943. The smallest absolute Gasteiger partial charge is 0.0104 e. The number of hydrogen-bond acceptors (Lipinski definition) is 1. The molecule has 1 rings (SSSR count). The van der Waals surface area contributed by atoms with Gasteiger partial charge in [0.05, 0.1) is 0 Å². The highest BCUT2D eigenvalue weighted by molar-refractivity contribution is 8.00. The topological polar surface area (TPSA) is 0 Å². The average molecular weight is 166 g/mol. The standard InChI is InChI=1S/C10H14S/c1-8(2)11-10-7-5-4-6-9(10)3/h4-8H,1-3H3. The second-order valence-electron chi connectivity index (χ2n) is 2.93. The van der Waals surface area contributed by atoms with E-state index in [1.54, 1.807) is 0 Å². The first-order valence-electron chi connectivity index (χ1n) is 3.92. The first-order valence-corrected chi connectivity index (χ1v) is 4.80. The highest BCUT2D eigenvalue weighted by atomic mass is 32.2. The van der Waals surface area contributed by atoms with Gasteiger partial charge in [-0.25, -0.2) is 0 Å². The molecular weight excluding hydrogens is 152 g/mol. The van der Waals surface area contributed by atoms with Crippen molar-refractivity contribution in [1.29, 1.82) is 0 Å². The van der Waals surface area contributed by atoms with Crippen LogP contribution in [0.2, 0.25) is 0 Å². The minimum Gasteiger partial charge on any atom is -0.123 e. The van der Waals surface area contributed by atoms with Gasteiger partial charge in [0.15, 0.2) is 0 Å². The van der Waals surface area contributed by atoms with Crippen molar-refractivity contribution < 1.29 is 0 Å². The number of rotatable bonds is 2. The van der Waals surface area contributed by atoms with Crippen LogP contribution in [0, 0.1) is 6.92 Å². The van der Waals surface area contributed by atoms with Crippen molar-refractivity contribution in [2.75, 3.05) is 0 Å². The van der Waals surface area contributed by atoms with Crippen molar-refractivity contribution in [2.45, 2.75) is 30.9 Å². The van der Waals surface area contributed by atoms with Crippen LogP contribution in [-0.2, 0) is 0 Å². The summed E-state index contributed by atoms with van der Waals surface area (Å²) in [6, 6.07) is 8.52. The van der Waals surface area contributed by atoms with Crippen LogP contribution in [0.15, 0.2) is 29.2 Å². The molecule has 0 spiro atoms. The number of benzene rings is 1. The van der Waals surface area contributed by atoms with E-state index >= 15 is 0 Å². The Kier molecular flexibility index (Phi) is 3.01. The zero-order valence-corrected chi connectivity index (χ0v) is 8.11. The average Bonchev–Trinajstić information content (AvgIpc) is 1.93. The van der Waals surface area contributed by atoms with E-state index in [-0.39, 0.29) is 0 Å². The fourth-order valence-corrected chi connectivity index (χ4v) is 1.86. The van der Waals surface area contributed by atoms with E-state index in [4.69, 9.17) is 0 Å². The summed E-state index contributed by atoms with van der Waals surface area (Å²) in [6.45, 7) is 6.60. The summed E-state index contributed by atoms with van der Waals surface area (Å²) in [5.74, 6) is 0. The maximum Gasteiger partial charge on any atom is 0.0104 e. The van der Waals surface area contributed by atoms with Gasteiger partial charge in [-0.3, -0.25) is 0 Å². The number of aryl methyl sites for hydroxylation is 1. The predicted octanol–water partition coefficient (Wildman–Crippen LogP) is 3.50. The molecule has 0 bridgehead atoms. The Morgan fingerprint density at radius 2 is 1.82 bits per heavy atom. The third-order valence-corrected chi connectivity index (χ3v) is 2.64.